The molecule has 0 N–H and O–H groups in total. The predicted molar refractivity (Wildman–Crippen MR) is 79.9 cm³/mol. The predicted octanol–water partition coefficient (Wildman–Crippen LogP) is 5.80. The SMILES string of the molecule is [CH2]C/C=C/C=C/C=C/C=C/CCCCCCC. The fourth-order valence-corrected chi connectivity index (χ4v) is 1.47. The molecular formula is C17H27. The summed E-state index contributed by atoms with van der Waals surface area (Å²) in [6.45, 7) is 5.98. The van der Waals surface area contributed by atoms with Crippen LogP contribution in [-0.2, 0) is 0 Å². The van der Waals surface area contributed by atoms with E-state index in [0.29, 0.717) is 0 Å². The fraction of sp³-hybridized carbons (Fsp3) is 0.471. The molecule has 0 aromatic rings. The molecule has 0 heteroatoms. The Morgan fingerprint density at radius 2 is 1.29 bits per heavy atom. The number of allylic oxidation sites excluding steroid dienone is 8. The van der Waals surface area contributed by atoms with Gasteiger partial charge >= 0.3 is 0 Å². The normalized spacial score (nSPS) is 12.8. The van der Waals surface area contributed by atoms with Gasteiger partial charge in [0.15, 0.2) is 0 Å². The topological polar surface area (TPSA) is 0 Å². The van der Waals surface area contributed by atoms with Gasteiger partial charge in [-0.15, -0.1) is 0 Å². The van der Waals surface area contributed by atoms with Crippen LogP contribution in [0, 0.1) is 6.92 Å². The minimum atomic E-state index is 0.853. The fourth-order valence-electron chi connectivity index (χ4n) is 1.47. The van der Waals surface area contributed by atoms with Crippen molar-refractivity contribution in [2.45, 2.75) is 51.9 Å². The maximum atomic E-state index is 3.73. The van der Waals surface area contributed by atoms with Crippen LogP contribution in [0.3, 0.4) is 0 Å². The molecule has 1 radical (unpaired) electrons. The molecule has 95 valence electrons. The summed E-state index contributed by atoms with van der Waals surface area (Å²) in [5, 5.41) is 0. The van der Waals surface area contributed by atoms with E-state index in [1.807, 2.05) is 24.3 Å². The zero-order chi connectivity index (χ0) is 12.6. The molecule has 0 saturated carbocycles. The molecule has 0 aromatic heterocycles. The van der Waals surface area contributed by atoms with Crippen molar-refractivity contribution in [2.24, 2.45) is 0 Å². The van der Waals surface area contributed by atoms with E-state index < -0.39 is 0 Å². The second kappa shape index (κ2) is 15.0. The number of unbranched alkanes of at least 4 members (excludes halogenated alkanes) is 5. The van der Waals surface area contributed by atoms with Crippen LogP contribution in [0.2, 0.25) is 0 Å². The molecule has 0 nitrogen and oxygen atoms in total. The first kappa shape index (κ1) is 16.0. The van der Waals surface area contributed by atoms with Gasteiger partial charge in [0.1, 0.15) is 0 Å². The Balaban J connectivity index is 3.37. The second-order valence-electron chi connectivity index (χ2n) is 4.12. The minimum Gasteiger partial charge on any atom is -0.0845 e. The van der Waals surface area contributed by atoms with Crippen LogP contribution >= 0.6 is 0 Å². The molecule has 0 rings (SSSR count). The van der Waals surface area contributed by atoms with E-state index in [2.05, 4.69) is 38.2 Å². The van der Waals surface area contributed by atoms with Crippen molar-refractivity contribution in [1.82, 2.24) is 0 Å². The van der Waals surface area contributed by atoms with Gasteiger partial charge in [-0.25, -0.2) is 0 Å². The average Bonchev–Trinajstić information content (AvgIpc) is 2.35. The standard InChI is InChI=1S/C17H27/c1-3-5-7-9-11-13-15-17-16-14-12-10-8-6-4-2/h5,7,9,11,13,15-17H,1,3-4,6,8,10,12,14H2,2H3/b7-5+,11-9+,15-13+,17-16+. The molecule has 0 heterocycles. The zero-order valence-corrected chi connectivity index (χ0v) is 11.3. The second-order valence-corrected chi connectivity index (χ2v) is 4.12. The average molecular weight is 231 g/mol. The molecule has 0 spiro atoms. The van der Waals surface area contributed by atoms with Crippen LogP contribution in [0.5, 0.6) is 0 Å². The Hall–Kier alpha value is -1.04. The molecule has 0 aliphatic heterocycles. The third kappa shape index (κ3) is 15.0. The maximum Gasteiger partial charge on any atom is -0.0347 e. The highest BCUT2D eigenvalue weighted by Gasteiger charge is 1.85. The highest BCUT2D eigenvalue weighted by Crippen LogP contribution is 2.05. The summed E-state index contributed by atoms with van der Waals surface area (Å²) in [4.78, 5) is 0. The van der Waals surface area contributed by atoms with Gasteiger partial charge in [0.05, 0.1) is 0 Å². The Morgan fingerprint density at radius 3 is 1.94 bits per heavy atom. The molecule has 0 amide bonds. The number of hydrogen-bond donors (Lipinski definition) is 0. The van der Waals surface area contributed by atoms with E-state index in [0.717, 1.165) is 6.42 Å². The summed E-state index contributed by atoms with van der Waals surface area (Å²) in [5.41, 5.74) is 0. The number of hydrogen-bond acceptors (Lipinski definition) is 0. The van der Waals surface area contributed by atoms with Gasteiger partial charge < -0.3 is 0 Å². The van der Waals surface area contributed by atoms with Crippen molar-refractivity contribution in [3.8, 4) is 0 Å². The van der Waals surface area contributed by atoms with E-state index in [-0.39, 0.29) is 0 Å². The third-order valence-corrected chi connectivity index (χ3v) is 2.47. The lowest BCUT2D eigenvalue weighted by Gasteiger charge is -1.95. The Labute approximate surface area is 108 Å². The lowest BCUT2D eigenvalue weighted by Crippen LogP contribution is -1.75. The van der Waals surface area contributed by atoms with Gasteiger partial charge in [-0.05, 0) is 26.2 Å². The van der Waals surface area contributed by atoms with Gasteiger partial charge in [0, 0.05) is 0 Å². The summed E-state index contributed by atoms with van der Waals surface area (Å²) >= 11 is 0. The van der Waals surface area contributed by atoms with Crippen LogP contribution < -0.4 is 0 Å². The van der Waals surface area contributed by atoms with Gasteiger partial charge in [0.25, 0.3) is 0 Å². The summed E-state index contributed by atoms with van der Waals surface area (Å²) in [6.07, 6.45) is 25.5. The molecule has 0 aliphatic carbocycles. The van der Waals surface area contributed by atoms with Crippen LogP contribution in [0.25, 0.3) is 0 Å². The highest BCUT2D eigenvalue weighted by molar-refractivity contribution is 5.15. The first-order chi connectivity index (χ1) is 8.41. The summed E-state index contributed by atoms with van der Waals surface area (Å²) < 4.78 is 0. The van der Waals surface area contributed by atoms with E-state index in [1.165, 1.54) is 38.5 Å². The molecule has 0 fully saturated rings. The molecular weight excluding hydrogens is 204 g/mol. The summed E-state index contributed by atoms with van der Waals surface area (Å²) in [6, 6.07) is 0. The zero-order valence-electron chi connectivity index (χ0n) is 11.3. The van der Waals surface area contributed by atoms with Crippen LogP contribution in [-0.4, -0.2) is 0 Å². The third-order valence-electron chi connectivity index (χ3n) is 2.47. The van der Waals surface area contributed by atoms with Gasteiger partial charge in [0.2, 0.25) is 0 Å². The molecule has 0 atom stereocenters. The minimum absolute atomic E-state index is 0.853. The first-order valence-electron chi connectivity index (χ1n) is 6.86. The van der Waals surface area contributed by atoms with E-state index >= 15 is 0 Å². The molecule has 0 bridgehead atoms. The number of rotatable bonds is 10. The summed E-state index contributed by atoms with van der Waals surface area (Å²) in [5.74, 6) is 0. The smallest absolute Gasteiger partial charge is 0.0347 e. The van der Waals surface area contributed by atoms with Gasteiger partial charge in [-0.2, -0.15) is 0 Å². The molecule has 0 aliphatic rings. The van der Waals surface area contributed by atoms with Gasteiger partial charge in [-0.1, -0.05) is 81.2 Å². The largest absolute Gasteiger partial charge is 0.0845 e. The lowest BCUT2D eigenvalue weighted by atomic mass is 10.1. The Morgan fingerprint density at radius 1 is 0.706 bits per heavy atom. The highest BCUT2D eigenvalue weighted by atomic mass is 13.9. The molecule has 17 heavy (non-hydrogen) atoms. The maximum absolute atomic E-state index is 3.73. The summed E-state index contributed by atoms with van der Waals surface area (Å²) in [7, 11) is 0. The quantitative estimate of drug-likeness (QED) is 0.329. The van der Waals surface area contributed by atoms with Crippen LogP contribution in [0.15, 0.2) is 48.6 Å². The Bertz CT molecular complexity index is 241. The molecule has 0 unspecified atom stereocenters. The lowest BCUT2D eigenvalue weighted by molar-refractivity contribution is 0.637. The first-order valence-corrected chi connectivity index (χ1v) is 6.86. The van der Waals surface area contributed by atoms with E-state index in [4.69, 9.17) is 0 Å². The van der Waals surface area contributed by atoms with Crippen LogP contribution in [0.1, 0.15) is 51.9 Å². The van der Waals surface area contributed by atoms with Crippen molar-refractivity contribution >= 4 is 0 Å². The molecule has 0 aromatic carbocycles. The molecule has 0 saturated heterocycles. The monoisotopic (exact) mass is 231 g/mol. The van der Waals surface area contributed by atoms with Crippen molar-refractivity contribution in [3.05, 3.63) is 55.5 Å². The Kier molecular flexibility index (Phi) is 14.0. The van der Waals surface area contributed by atoms with Crippen LogP contribution in [0.4, 0.5) is 0 Å². The van der Waals surface area contributed by atoms with Crippen molar-refractivity contribution in [1.29, 1.82) is 0 Å². The van der Waals surface area contributed by atoms with Crippen molar-refractivity contribution in [2.75, 3.05) is 0 Å². The van der Waals surface area contributed by atoms with E-state index in [1.54, 1.807) is 0 Å². The van der Waals surface area contributed by atoms with Crippen molar-refractivity contribution < 1.29 is 0 Å². The van der Waals surface area contributed by atoms with Gasteiger partial charge in [-0.3, -0.25) is 0 Å². The van der Waals surface area contributed by atoms with E-state index in [9.17, 15) is 0 Å². The van der Waals surface area contributed by atoms with Crippen molar-refractivity contribution in [3.63, 3.8) is 0 Å².